The molecule has 0 aliphatic rings. The molecule has 78 valence electrons. The van der Waals surface area contributed by atoms with Gasteiger partial charge in [-0.1, -0.05) is 48.7 Å². The van der Waals surface area contributed by atoms with Gasteiger partial charge in [-0.2, -0.15) is 0 Å². The fourth-order valence-corrected chi connectivity index (χ4v) is 1.79. The molecule has 1 aromatic carbocycles. The van der Waals surface area contributed by atoms with Crippen molar-refractivity contribution in [2.45, 2.75) is 20.0 Å². The second kappa shape index (κ2) is 4.71. The molecule has 1 aromatic rings. The summed E-state index contributed by atoms with van der Waals surface area (Å²) in [6.45, 7) is 3.81. The van der Waals surface area contributed by atoms with Gasteiger partial charge in [-0.25, -0.2) is 0 Å². The Morgan fingerprint density at radius 3 is 2.00 bits per heavy atom. The zero-order chi connectivity index (χ0) is 10.9. The number of hydrogen-bond acceptors (Lipinski definition) is 1. The first-order chi connectivity index (χ1) is 6.43. The largest absolute Gasteiger partial charge is 0.388 e. The van der Waals surface area contributed by atoms with Gasteiger partial charge in [0.25, 0.3) is 0 Å². The molecule has 14 heavy (non-hydrogen) atoms. The minimum atomic E-state index is -0.614. The van der Waals surface area contributed by atoms with Crippen LogP contribution in [-0.2, 0) is 0 Å². The van der Waals surface area contributed by atoms with Gasteiger partial charge in [-0.05, 0) is 18.1 Å². The van der Waals surface area contributed by atoms with Crippen LogP contribution >= 0.6 is 34.8 Å². The fraction of sp³-hybridized carbons (Fsp3) is 0.400. The van der Waals surface area contributed by atoms with Crippen molar-refractivity contribution in [2.75, 3.05) is 0 Å². The molecular weight excluding hydrogens is 242 g/mol. The van der Waals surface area contributed by atoms with Crippen LogP contribution in [0.2, 0.25) is 15.1 Å². The van der Waals surface area contributed by atoms with E-state index >= 15 is 0 Å². The highest BCUT2D eigenvalue weighted by molar-refractivity contribution is 6.43. The van der Waals surface area contributed by atoms with Crippen LogP contribution in [-0.4, -0.2) is 5.11 Å². The average molecular weight is 254 g/mol. The van der Waals surface area contributed by atoms with E-state index in [2.05, 4.69) is 0 Å². The van der Waals surface area contributed by atoms with Crippen LogP contribution in [0.1, 0.15) is 25.5 Å². The predicted molar refractivity (Wildman–Crippen MR) is 61.3 cm³/mol. The third kappa shape index (κ3) is 2.54. The lowest BCUT2D eigenvalue weighted by molar-refractivity contribution is 0.127. The van der Waals surface area contributed by atoms with Crippen molar-refractivity contribution in [3.8, 4) is 0 Å². The number of rotatable bonds is 2. The Balaban J connectivity index is 3.15. The Labute approximate surface area is 98.6 Å². The van der Waals surface area contributed by atoms with E-state index in [1.807, 2.05) is 13.8 Å². The lowest BCUT2D eigenvalue weighted by Gasteiger charge is -2.16. The molecule has 0 aromatic heterocycles. The van der Waals surface area contributed by atoms with Crippen LogP contribution in [0.3, 0.4) is 0 Å². The first-order valence-electron chi connectivity index (χ1n) is 4.26. The predicted octanol–water partition coefficient (Wildman–Crippen LogP) is 4.34. The summed E-state index contributed by atoms with van der Waals surface area (Å²) in [5.74, 6) is 0.0877. The number of halogens is 3. The topological polar surface area (TPSA) is 20.2 Å². The minimum Gasteiger partial charge on any atom is -0.388 e. The quantitative estimate of drug-likeness (QED) is 0.778. The van der Waals surface area contributed by atoms with Crippen LogP contribution in [0.15, 0.2) is 12.1 Å². The monoisotopic (exact) mass is 252 g/mol. The first-order valence-corrected chi connectivity index (χ1v) is 5.39. The van der Waals surface area contributed by atoms with Gasteiger partial charge in [0.1, 0.15) is 0 Å². The lowest BCUT2D eigenvalue weighted by atomic mass is 9.99. The summed E-state index contributed by atoms with van der Waals surface area (Å²) in [5.41, 5.74) is 0.621. The number of benzene rings is 1. The SMILES string of the molecule is CC(C)C(O)c1cc(Cl)c(Cl)cc1Cl. The number of aliphatic hydroxyl groups excluding tert-OH is 1. The summed E-state index contributed by atoms with van der Waals surface area (Å²) in [5, 5.41) is 11.1. The van der Waals surface area contributed by atoms with Crippen molar-refractivity contribution < 1.29 is 5.11 Å². The maximum Gasteiger partial charge on any atom is 0.0827 e. The zero-order valence-electron chi connectivity index (χ0n) is 7.89. The average Bonchev–Trinajstić information content (AvgIpc) is 2.10. The van der Waals surface area contributed by atoms with Gasteiger partial charge in [0.2, 0.25) is 0 Å². The summed E-state index contributed by atoms with van der Waals surface area (Å²) in [6, 6.07) is 3.16. The molecule has 0 saturated carbocycles. The molecule has 0 bridgehead atoms. The summed E-state index contributed by atoms with van der Waals surface area (Å²) >= 11 is 17.5. The highest BCUT2D eigenvalue weighted by Crippen LogP contribution is 2.34. The molecule has 1 rings (SSSR count). The van der Waals surface area contributed by atoms with Crippen molar-refractivity contribution in [3.05, 3.63) is 32.8 Å². The highest BCUT2D eigenvalue weighted by atomic mass is 35.5. The molecule has 0 heterocycles. The third-order valence-corrected chi connectivity index (χ3v) is 3.04. The van der Waals surface area contributed by atoms with E-state index in [1.54, 1.807) is 12.1 Å². The molecule has 1 atom stereocenters. The van der Waals surface area contributed by atoms with E-state index in [0.29, 0.717) is 20.6 Å². The van der Waals surface area contributed by atoms with E-state index in [9.17, 15) is 5.11 Å². The molecule has 1 nitrogen and oxygen atoms in total. The standard InChI is InChI=1S/C10H11Cl3O/c1-5(2)10(14)6-3-8(12)9(13)4-7(6)11/h3-5,10,14H,1-2H3. The van der Waals surface area contributed by atoms with Crippen LogP contribution in [0, 0.1) is 5.92 Å². The smallest absolute Gasteiger partial charge is 0.0827 e. The molecule has 1 N–H and O–H groups in total. The van der Waals surface area contributed by atoms with Crippen molar-refractivity contribution in [3.63, 3.8) is 0 Å². The van der Waals surface area contributed by atoms with Gasteiger partial charge in [-0.15, -0.1) is 0 Å². The summed E-state index contributed by atoms with van der Waals surface area (Å²) in [7, 11) is 0. The Hall–Kier alpha value is 0.0500. The molecule has 0 radical (unpaired) electrons. The van der Waals surface area contributed by atoms with Gasteiger partial charge in [-0.3, -0.25) is 0 Å². The third-order valence-electron chi connectivity index (χ3n) is 1.99. The Bertz CT molecular complexity index is 336. The second-order valence-electron chi connectivity index (χ2n) is 3.48. The summed E-state index contributed by atoms with van der Waals surface area (Å²) < 4.78 is 0. The van der Waals surface area contributed by atoms with E-state index in [1.165, 1.54) is 0 Å². The van der Waals surface area contributed by atoms with E-state index in [-0.39, 0.29) is 5.92 Å². The molecule has 0 aliphatic heterocycles. The molecule has 0 aliphatic carbocycles. The lowest BCUT2D eigenvalue weighted by Crippen LogP contribution is -2.06. The van der Waals surface area contributed by atoms with Gasteiger partial charge in [0.05, 0.1) is 16.1 Å². The number of aliphatic hydroxyl groups is 1. The summed E-state index contributed by atoms with van der Waals surface area (Å²) in [6.07, 6.45) is -0.614. The molecule has 0 saturated heterocycles. The normalized spacial score (nSPS) is 13.4. The highest BCUT2D eigenvalue weighted by Gasteiger charge is 2.16. The Morgan fingerprint density at radius 1 is 1.00 bits per heavy atom. The molecule has 0 fully saturated rings. The van der Waals surface area contributed by atoms with Gasteiger partial charge in [0.15, 0.2) is 0 Å². The van der Waals surface area contributed by atoms with Crippen LogP contribution in [0.5, 0.6) is 0 Å². The van der Waals surface area contributed by atoms with E-state index in [0.717, 1.165) is 0 Å². The molecular formula is C10H11Cl3O. The fourth-order valence-electron chi connectivity index (χ4n) is 1.12. The number of hydrogen-bond donors (Lipinski definition) is 1. The van der Waals surface area contributed by atoms with Crippen LogP contribution in [0.25, 0.3) is 0 Å². The van der Waals surface area contributed by atoms with Crippen molar-refractivity contribution in [1.82, 2.24) is 0 Å². The van der Waals surface area contributed by atoms with Crippen molar-refractivity contribution in [1.29, 1.82) is 0 Å². The summed E-state index contributed by atoms with van der Waals surface area (Å²) in [4.78, 5) is 0. The van der Waals surface area contributed by atoms with E-state index in [4.69, 9.17) is 34.8 Å². The minimum absolute atomic E-state index is 0.0877. The second-order valence-corrected chi connectivity index (χ2v) is 4.70. The van der Waals surface area contributed by atoms with Gasteiger partial charge < -0.3 is 5.11 Å². The van der Waals surface area contributed by atoms with Gasteiger partial charge >= 0.3 is 0 Å². The Kier molecular flexibility index (Phi) is 4.08. The maximum atomic E-state index is 9.81. The van der Waals surface area contributed by atoms with Crippen molar-refractivity contribution in [2.24, 2.45) is 5.92 Å². The molecule has 0 spiro atoms. The first kappa shape index (κ1) is 12.1. The van der Waals surface area contributed by atoms with E-state index < -0.39 is 6.10 Å². The molecule has 0 amide bonds. The Morgan fingerprint density at radius 2 is 1.50 bits per heavy atom. The maximum absolute atomic E-state index is 9.81. The van der Waals surface area contributed by atoms with Crippen molar-refractivity contribution >= 4 is 34.8 Å². The van der Waals surface area contributed by atoms with Crippen LogP contribution < -0.4 is 0 Å². The van der Waals surface area contributed by atoms with Gasteiger partial charge in [0, 0.05) is 10.6 Å². The molecule has 4 heteroatoms. The molecule has 1 unspecified atom stereocenters. The zero-order valence-corrected chi connectivity index (χ0v) is 10.2. The van der Waals surface area contributed by atoms with Crippen LogP contribution in [0.4, 0.5) is 0 Å².